The third kappa shape index (κ3) is 1.62. The lowest BCUT2D eigenvalue weighted by atomic mass is 9.40. The van der Waals surface area contributed by atoms with Crippen molar-refractivity contribution in [2.45, 2.75) is 78.6 Å². The van der Waals surface area contributed by atoms with Gasteiger partial charge in [-0.05, 0) is 67.6 Å². The van der Waals surface area contributed by atoms with Gasteiger partial charge in [0.25, 0.3) is 0 Å². The number of hydrogen-bond acceptors (Lipinski definition) is 2. The molecule has 4 saturated carbocycles. The van der Waals surface area contributed by atoms with Crippen LogP contribution in [0.5, 0.6) is 0 Å². The predicted molar refractivity (Wildman–Crippen MR) is 86.4 cm³/mol. The molecule has 0 N–H and O–H groups in total. The van der Waals surface area contributed by atoms with Gasteiger partial charge in [-0.3, -0.25) is 4.79 Å². The SMILES string of the molecule is C[C@@]12CC[C@@H]3[C@@](CC[C@H]4[C@@]3(C)CCC[C@@]4(C)C=O)(CC1=O)C2. The quantitative estimate of drug-likeness (QED) is 0.666. The van der Waals surface area contributed by atoms with Crippen molar-refractivity contribution in [2.24, 2.45) is 33.5 Å². The van der Waals surface area contributed by atoms with Crippen molar-refractivity contribution in [1.29, 1.82) is 0 Å². The van der Waals surface area contributed by atoms with Gasteiger partial charge in [0.2, 0.25) is 0 Å². The number of Topliss-reactive ketones (excluding diaryl/α,β-unsaturated/α-hetero) is 1. The number of ketones is 1. The number of hydrogen-bond donors (Lipinski definition) is 0. The molecule has 0 radical (unpaired) electrons. The van der Waals surface area contributed by atoms with E-state index in [-0.39, 0.29) is 21.7 Å². The van der Waals surface area contributed by atoms with E-state index in [9.17, 15) is 9.59 Å². The van der Waals surface area contributed by atoms with Gasteiger partial charge in [0.05, 0.1) is 0 Å². The first-order chi connectivity index (χ1) is 10.3. The molecule has 2 heteroatoms. The van der Waals surface area contributed by atoms with E-state index in [4.69, 9.17) is 0 Å². The Hall–Kier alpha value is -0.660. The third-order valence-corrected chi connectivity index (χ3v) is 8.67. The fourth-order valence-electron chi connectivity index (χ4n) is 7.70. The van der Waals surface area contributed by atoms with E-state index in [0.29, 0.717) is 17.6 Å². The zero-order valence-corrected chi connectivity index (χ0v) is 14.4. The first-order valence-corrected chi connectivity index (χ1v) is 9.28. The first-order valence-electron chi connectivity index (χ1n) is 9.28. The minimum atomic E-state index is -0.127. The molecule has 4 aliphatic carbocycles. The second kappa shape index (κ2) is 4.24. The highest BCUT2D eigenvalue weighted by Gasteiger charge is 2.67. The molecule has 0 aliphatic heterocycles. The Morgan fingerprint density at radius 3 is 2.45 bits per heavy atom. The highest BCUT2D eigenvalue weighted by Crippen LogP contribution is 2.72. The van der Waals surface area contributed by atoms with Crippen LogP contribution in [0.25, 0.3) is 0 Å². The lowest BCUT2D eigenvalue weighted by molar-refractivity contribution is -0.160. The molecule has 4 rings (SSSR count). The number of aldehydes is 1. The van der Waals surface area contributed by atoms with Gasteiger partial charge in [-0.1, -0.05) is 27.2 Å². The molecule has 122 valence electrons. The number of fused-ring (bicyclic) bond motifs is 3. The van der Waals surface area contributed by atoms with Crippen LogP contribution in [0.4, 0.5) is 0 Å². The van der Waals surface area contributed by atoms with Crippen LogP contribution < -0.4 is 0 Å². The largest absolute Gasteiger partial charge is 0.303 e. The summed E-state index contributed by atoms with van der Waals surface area (Å²) >= 11 is 0. The second-order valence-corrected chi connectivity index (χ2v) is 9.87. The maximum atomic E-state index is 12.6. The van der Waals surface area contributed by atoms with Crippen LogP contribution in [0.3, 0.4) is 0 Å². The molecule has 1 spiro atoms. The molecule has 22 heavy (non-hydrogen) atoms. The molecule has 2 nitrogen and oxygen atoms in total. The molecule has 0 amide bonds. The van der Waals surface area contributed by atoms with E-state index < -0.39 is 0 Å². The number of carbonyl (C=O) groups excluding carboxylic acids is 2. The van der Waals surface area contributed by atoms with Crippen LogP contribution in [-0.4, -0.2) is 12.1 Å². The molecule has 6 atom stereocenters. The molecule has 2 bridgehead atoms. The van der Waals surface area contributed by atoms with Gasteiger partial charge in [0.15, 0.2) is 0 Å². The van der Waals surface area contributed by atoms with Crippen molar-refractivity contribution >= 4 is 12.1 Å². The Bertz CT molecular complexity index is 540. The van der Waals surface area contributed by atoms with Crippen LogP contribution in [0.1, 0.15) is 78.6 Å². The highest BCUT2D eigenvalue weighted by molar-refractivity contribution is 5.88. The van der Waals surface area contributed by atoms with Gasteiger partial charge in [-0.15, -0.1) is 0 Å². The smallest absolute Gasteiger partial charge is 0.139 e. The summed E-state index contributed by atoms with van der Waals surface area (Å²) in [6.45, 7) is 6.88. The summed E-state index contributed by atoms with van der Waals surface area (Å²) < 4.78 is 0. The van der Waals surface area contributed by atoms with Gasteiger partial charge in [0.1, 0.15) is 12.1 Å². The summed E-state index contributed by atoms with van der Waals surface area (Å²) in [6.07, 6.45) is 11.4. The lowest BCUT2D eigenvalue weighted by Gasteiger charge is -2.63. The molecule has 0 saturated heterocycles. The van der Waals surface area contributed by atoms with Crippen LogP contribution in [0.15, 0.2) is 0 Å². The van der Waals surface area contributed by atoms with Crippen LogP contribution >= 0.6 is 0 Å². The molecule has 0 aromatic carbocycles. The highest BCUT2D eigenvalue weighted by atomic mass is 16.1. The summed E-state index contributed by atoms with van der Waals surface area (Å²) in [5, 5.41) is 0. The number of carbonyl (C=O) groups is 2. The summed E-state index contributed by atoms with van der Waals surface area (Å²) in [5.41, 5.74) is 0.398. The van der Waals surface area contributed by atoms with Gasteiger partial charge in [-0.25, -0.2) is 0 Å². The fourth-order valence-corrected chi connectivity index (χ4v) is 7.70. The van der Waals surface area contributed by atoms with Gasteiger partial charge in [-0.2, -0.15) is 0 Å². The average molecular weight is 302 g/mol. The second-order valence-electron chi connectivity index (χ2n) is 9.87. The van der Waals surface area contributed by atoms with E-state index in [1.807, 2.05) is 0 Å². The summed E-state index contributed by atoms with van der Waals surface area (Å²) in [6, 6.07) is 0. The van der Waals surface area contributed by atoms with E-state index in [0.717, 1.165) is 32.1 Å². The van der Waals surface area contributed by atoms with Crippen molar-refractivity contribution in [3.63, 3.8) is 0 Å². The molecular formula is C20H30O2. The molecular weight excluding hydrogens is 272 g/mol. The van der Waals surface area contributed by atoms with E-state index >= 15 is 0 Å². The van der Waals surface area contributed by atoms with Crippen LogP contribution in [0.2, 0.25) is 0 Å². The van der Waals surface area contributed by atoms with Gasteiger partial charge >= 0.3 is 0 Å². The van der Waals surface area contributed by atoms with Crippen molar-refractivity contribution in [3.05, 3.63) is 0 Å². The fraction of sp³-hybridized carbons (Fsp3) is 0.900. The monoisotopic (exact) mass is 302 g/mol. The Morgan fingerprint density at radius 2 is 1.73 bits per heavy atom. The standard InChI is InChI=1S/C20H30O2/c1-17-9-5-15-19(3)8-4-7-18(2,13-21)14(19)6-10-20(15,12-17)11-16(17)22/h13-15H,4-12H2,1-3H3/t14-,15+,17+,18+,19-,20+/m1/s1. The van der Waals surface area contributed by atoms with Crippen molar-refractivity contribution in [2.75, 3.05) is 0 Å². The summed E-state index contributed by atoms with van der Waals surface area (Å²) in [5.74, 6) is 1.73. The summed E-state index contributed by atoms with van der Waals surface area (Å²) in [4.78, 5) is 24.5. The molecule has 0 aromatic heterocycles. The Labute approximate surface area is 134 Å². The Kier molecular flexibility index (Phi) is 2.87. The van der Waals surface area contributed by atoms with Gasteiger partial charge < -0.3 is 4.79 Å². The minimum Gasteiger partial charge on any atom is -0.303 e. The Balaban J connectivity index is 1.75. The zero-order chi connectivity index (χ0) is 15.8. The Morgan fingerprint density at radius 1 is 1.00 bits per heavy atom. The first kappa shape index (κ1) is 14.9. The van der Waals surface area contributed by atoms with Gasteiger partial charge in [0, 0.05) is 17.3 Å². The van der Waals surface area contributed by atoms with E-state index in [2.05, 4.69) is 20.8 Å². The normalized spacial score (nSPS) is 57.1. The number of rotatable bonds is 1. The third-order valence-electron chi connectivity index (χ3n) is 8.67. The van der Waals surface area contributed by atoms with Crippen molar-refractivity contribution in [3.8, 4) is 0 Å². The predicted octanol–water partition coefficient (Wildman–Crippen LogP) is 4.56. The van der Waals surface area contributed by atoms with E-state index in [1.165, 1.54) is 32.0 Å². The maximum absolute atomic E-state index is 12.6. The van der Waals surface area contributed by atoms with Crippen LogP contribution in [-0.2, 0) is 9.59 Å². The van der Waals surface area contributed by atoms with Crippen molar-refractivity contribution < 1.29 is 9.59 Å². The minimum absolute atomic E-state index is 0.0255. The zero-order valence-electron chi connectivity index (χ0n) is 14.4. The average Bonchev–Trinajstić information content (AvgIpc) is 2.64. The molecule has 0 heterocycles. The molecule has 4 fully saturated rings. The molecule has 0 unspecified atom stereocenters. The topological polar surface area (TPSA) is 34.1 Å². The maximum Gasteiger partial charge on any atom is 0.139 e. The molecule has 0 aromatic rings. The van der Waals surface area contributed by atoms with Crippen molar-refractivity contribution in [1.82, 2.24) is 0 Å². The van der Waals surface area contributed by atoms with Crippen LogP contribution in [0, 0.1) is 33.5 Å². The summed E-state index contributed by atoms with van der Waals surface area (Å²) in [7, 11) is 0. The lowest BCUT2D eigenvalue weighted by Crippen LogP contribution is -2.57. The van der Waals surface area contributed by atoms with E-state index in [1.54, 1.807) is 0 Å². The molecule has 4 aliphatic rings.